The molecule has 11 nitrogen and oxygen atoms in total. The highest BCUT2D eigenvalue weighted by atomic mass is 32.2. The molecule has 0 radical (unpaired) electrons. The first kappa shape index (κ1) is 30.5. The lowest BCUT2D eigenvalue weighted by molar-refractivity contribution is -0.143. The van der Waals surface area contributed by atoms with Crippen molar-refractivity contribution in [3.05, 3.63) is 44.8 Å². The van der Waals surface area contributed by atoms with Gasteiger partial charge in [-0.2, -0.15) is 4.99 Å². The quantitative estimate of drug-likeness (QED) is 0.338. The summed E-state index contributed by atoms with van der Waals surface area (Å²) >= 11 is 2.12. The molecule has 0 fully saturated rings. The fourth-order valence-electron chi connectivity index (χ4n) is 4.43. The summed E-state index contributed by atoms with van der Waals surface area (Å²) in [5.74, 6) is -5.80. The number of benzene rings is 1. The highest BCUT2D eigenvalue weighted by Crippen LogP contribution is 2.38. The molecule has 2 heterocycles. The highest BCUT2D eigenvalue weighted by Gasteiger charge is 2.29. The van der Waals surface area contributed by atoms with Crippen LogP contribution in [0.5, 0.6) is 0 Å². The summed E-state index contributed by atoms with van der Waals surface area (Å²) in [5.41, 5.74) is 1.47. The van der Waals surface area contributed by atoms with Crippen LogP contribution in [0.2, 0.25) is 0 Å². The Hall–Kier alpha value is -3.43. The minimum absolute atomic E-state index is 0.0217. The van der Waals surface area contributed by atoms with Crippen LogP contribution in [0.25, 0.3) is 10.2 Å². The molecule has 4 rings (SSSR count). The molecule has 0 unspecified atom stereocenters. The molecule has 0 bridgehead atoms. The van der Waals surface area contributed by atoms with Crippen molar-refractivity contribution in [1.29, 1.82) is 0 Å². The number of amides is 2. The summed E-state index contributed by atoms with van der Waals surface area (Å²) in [6.45, 7) is 3.24. The molecular weight excluding hydrogens is 597 g/mol. The predicted molar refractivity (Wildman–Crippen MR) is 151 cm³/mol. The highest BCUT2D eigenvalue weighted by molar-refractivity contribution is 7.92. The van der Waals surface area contributed by atoms with Crippen molar-refractivity contribution in [2.75, 3.05) is 30.0 Å². The lowest BCUT2D eigenvalue weighted by atomic mass is 9.95. The van der Waals surface area contributed by atoms with Gasteiger partial charge in [0.2, 0.25) is 5.91 Å². The van der Waals surface area contributed by atoms with E-state index in [-0.39, 0.29) is 35.1 Å². The number of thiazole rings is 1. The third-order valence-corrected chi connectivity index (χ3v) is 9.69. The molecule has 220 valence electrons. The van der Waals surface area contributed by atoms with Crippen LogP contribution in [-0.2, 0) is 53.1 Å². The van der Waals surface area contributed by atoms with E-state index in [2.05, 4.69) is 10.3 Å². The summed E-state index contributed by atoms with van der Waals surface area (Å²) < 4.78 is 51.1. The Morgan fingerprint density at radius 1 is 1.05 bits per heavy atom. The fraction of sp³-hybridized carbons (Fsp3) is 0.423. The van der Waals surface area contributed by atoms with Gasteiger partial charge < -0.3 is 19.4 Å². The number of aryl methyl sites for hydroxylation is 1. The first-order chi connectivity index (χ1) is 19.5. The first-order valence-corrected chi connectivity index (χ1v) is 16.3. The number of nitrogens with one attached hydrogen (secondary N) is 1. The normalized spacial score (nSPS) is 13.6. The molecule has 1 aliphatic carbocycles. The number of sulfone groups is 1. The van der Waals surface area contributed by atoms with Crippen LogP contribution in [0.1, 0.15) is 47.5 Å². The molecular formula is C26H28FN3O8S3. The van der Waals surface area contributed by atoms with Gasteiger partial charge in [-0.25, -0.2) is 17.6 Å². The fourth-order valence-corrected chi connectivity index (χ4v) is 7.81. The second kappa shape index (κ2) is 13.0. The van der Waals surface area contributed by atoms with E-state index < -0.39 is 50.9 Å². The van der Waals surface area contributed by atoms with Gasteiger partial charge in [0.05, 0.1) is 29.0 Å². The van der Waals surface area contributed by atoms with Crippen molar-refractivity contribution in [3.8, 4) is 0 Å². The van der Waals surface area contributed by atoms with E-state index in [1.807, 2.05) is 0 Å². The Morgan fingerprint density at radius 3 is 2.51 bits per heavy atom. The average Bonchev–Trinajstić information content (AvgIpc) is 3.40. The van der Waals surface area contributed by atoms with Crippen molar-refractivity contribution in [2.24, 2.45) is 4.99 Å². The minimum Gasteiger partial charge on any atom is -0.465 e. The molecule has 0 atom stereocenters. The number of rotatable bonds is 10. The maximum absolute atomic E-state index is 13.8. The molecule has 0 spiro atoms. The molecule has 0 saturated carbocycles. The van der Waals surface area contributed by atoms with Crippen molar-refractivity contribution in [1.82, 2.24) is 4.57 Å². The number of hydrogen-bond donors (Lipinski definition) is 1. The third-order valence-electron chi connectivity index (χ3n) is 6.06. The Kier molecular flexibility index (Phi) is 9.71. The van der Waals surface area contributed by atoms with Gasteiger partial charge in [-0.3, -0.25) is 14.4 Å². The molecule has 1 N–H and O–H groups in total. The molecule has 3 aromatic rings. The smallest absolute Gasteiger partial charge is 0.341 e. The number of esters is 2. The van der Waals surface area contributed by atoms with E-state index in [1.54, 1.807) is 13.8 Å². The number of fused-ring (bicyclic) bond motifs is 2. The van der Waals surface area contributed by atoms with Crippen LogP contribution < -0.4 is 10.1 Å². The van der Waals surface area contributed by atoms with E-state index in [0.717, 1.165) is 41.0 Å². The van der Waals surface area contributed by atoms with Crippen molar-refractivity contribution < 1.29 is 41.5 Å². The third kappa shape index (κ3) is 7.45. The zero-order chi connectivity index (χ0) is 29.7. The second-order valence-corrected chi connectivity index (χ2v) is 13.3. The average molecular weight is 626 g/mol. The summed E-state index contributed by atoms with van der Waals surface area (Å²) in [6, 6.07) is 3.81. The zero-order valence-corrected chi connectivity index (χ0v) is 24.8. The van der Waals surface area contributed by atoms with E-state index in [9.17, 15) is 32.0 Å². The largest absolute Gasteiger partial charge is 0.465 e. The summed E-state index contributed by atoms with van der Waals surface area (Å²) in [4.78, 5) is 54.9. The van der Waals surface area contributed by atoms with Crippen LogP contribution >= 0.6 is 22.7 Å². The maximum Gasteiger partial charge on any atom is 0.341 e. The number of hydrogen-bond acceptors (Lipinski definition) is 10. The monoisotopic (exact) mass is 625 g/mol. The van der Waals surface area contributed by atoms with Gasteiger partial charge in [0.25, 0.3) is 5.91 Å². The topological polar surface area (TPSA) is 150 Å². The van der Waals surface area contributed by atoms with Crippen LogP contribution in [-0.4, -0.2) is 61.5 Å². The van der Waals surface area contributed by atoms with Gasteiger partial charge in [-0.1, -0.05) is 11.3 Å². The molecule has 0 aliphatic heterocycles. The van der Waals surface area contributed by atoms with E-state index in [4.69, 9.17) is 9.47 Å². The molecule has 1 aromatic carbocycles. The SMILES string of the molecule is CCOC(=O)Cn1c(=NC(=O)CS(=O)(=O)CC(=O)Nc2sc3c(c2C(=O)OCC)CCCC3)sc2cc(F)ccc21. The molecule has 2 amide bonds. The number of aromatic nitrogens is 1. The number of anilines is 1. The lowest BCUT2D eigenvalue weighted by Crippen LogP contribution is -2.29. The molecule has 15 heteroatoms. The van der Waals surface area contributed by atoms with Gasteiger partial charge in [0.15, 0.2) is 14.6 Å². The molecule has 41 heavy (non-hydrogen) atoms. The number of ether oxygens (including phenoxy) is 2. The van der Waals surface area contributed by atoms with Crippen molar-refractivity contribution >= 4 is 71.5 Å². The van der Waals surface area contributed by atoms with E-state index in [0.29, 0.717) is 16.6 Å². The van der Waals surface area contributed by atoms with Crippen molar-refractivity contribution in [2.45, 2.75) is 46.1 Å². The van der Waals surface area contributed by atoms with Crippen molar-refractivity contribution in [3.63, 3.8) is 0 Å². The molecule has 1 aliphatic rings. The summed E-state index contributed by atoms with van der Waals surface area (Å²) in [5, 5.41) is 2.75. The minimum atomic E-state index is -4.27. The number of halogens is 1. The summed E-state index contributed by atoms with van der Waals surface area (Å²) in [6.07, 6.45) is 3.23. The zero-order valence-electron chi connectivity index (χ0n) is 22.4. The number of nitrogens with zero attached hydrogens (tertiary/aromatic N) is 2. The first-order valence-electron chi connectivity index (χ1n) is 12.8. The van der Waals surface area contributed by atoms with Crippen LogP contribution in [0.4, 0.5) is 9.39 Å². The van der Waals surface area contributed by atoms with Gasteiger partial charge in [0.1, 0.15) is 28.9 Å². The maximum atomic E-state index is 13.8. The number of carbonyl (C=O) groups is 4. The second-order valence-electron chi connectivity index (χ2n) is 9.11. The van der Waals surface area contributed by atoms with Crippen LogP contribution in [0, 0.1) is 5.82 Å². The summed E-state index contributed by atoms with van der Waals surface area (Å²) in [7, 11) is -4.27. The van der Waals surface area contributed by atoms with Crippen LogP contribution in [0.15, 0.2) is 23.2 Å². The molecule has 0 saturated heterocycles. The van der Waals surface area contributed by atoms with Gasteiger partial charge in [-0.05, 0) is 63.3 Å². The number of thiophene rings is 1. The van der Waals surface area contributed by atoms with E-state index in [1.165, 1.54) is 34.1 Å². The standard InChI is InChI=1S/C26H28FN3O8S3/c1-3-37-22(33)12-30-17-10-9-15(27)11-19(17)40-26(30)29-21(32)14-41(35,36)13-20(31)28-24-23(25(34)38-4-2)16-7-5-6-8-18(16)39-24/h9-11H,3-8,12-14H2,1-2H3,(H,28,31). The molecule has 2 aromatic heterocycles. The van der Waals surface area contributed by atoms with E-state index >= 15 is 0 Å². The van der Waals surface area contributed by atoms with Gasteiger partial charge in [0, 0.05) is 4.88 Å². The lowest BCUT2D eigenvalue weighted by Gasteiger charge is -2.12. The van der Waals surface area contributed by atoms with Gasteiger partial charge >= 0.3 is 11.9 Å². The Balaban J connectivity index is 1.52. The number of carbonyl (C=O) groups excluding carboxylic acids is 4. The predicted octanol–water partition coefficient (Wildman–Crippen LogP) is 3.00. The van der Waals surface area contributed by atoms with Gasteiger partial charge in [-0.15, -0.1) is 11.3 Å². The van der Waals surface area contributed by atoms with Crippen LogP contribution in [0.3, 0.4) is 0 Å². The Labute approximate surface area is 242 Å². The Bertz CT molecular complexity index is 1690. The Morgan fingerprint density at radius 2 is 1.78 bits per heavy atom.